The van der Waals surface area contributed by atoms with Crippen LogP contribution in [0, 0.1) is 0 Å². The van der Waals surface area contributed by atoms with Gasteiger partial charge in [-0.1, -0.05) is 11.6 Å². The first-order chi connectivity index (χ1) is 6.76. The topological polar surface area (TPSA) is 25.0 Å². The highest BCUT2D eigenvalue weighted by Gasteiger charge is 2.09. The standard InChI is InChI=1S/C10H10ClNOS/c1-13-6-3-4-8-7(5-6)9(14-2)10(11)12-8/h3-5,12H,1-2H3. The minimum atomic E-state index is 0.695. The summed E-state index contributed by atoms with van der Waals surface area (Å²) in [6.07, 6.45) is 2.01. The summed E-state index contributed by atoms with van der Waals surface area (Å²) in [5.74, 6) is 0.850. The number of nitrogens with one attached hydrogen (secondary N) is 1. The van der Waals surface area contributed by atoms with E-state index in [0.717, 1.165) is 21.5 Å². The average molecular weight is 228 g/mol. The van der Waals surface area contributed by atoms with Crippen molar-refractivity contribution in [3.8, 4) is 5.75 Å². The normalized spacial score (nSPS) is 10.8. The van der Waals surface area contributed by atoms with Crippen LogP contribution in [-0.4, -0.2) is 18.3 Å². The fraction of sp³-hybridized carbons (Fsp3) is 0.200. The summed E-state index contributed by atoms with van der Waals surface area (Å²) in [6, 6.07) is 5.88. The molecule has 0 fully saturated rings. The lowest BCUT2D eigenvalue weighted by molar-refractivity contribution is 0.415. The van der Waals surface area contributed by atoms with Crippen LogP contribution in [0.25, 0.3) is 10.9 Å². The number of hydrogen-bond acceptors (Lipinski definition) is 2. The van der Waals surface area contributed by atoms with Crippen molar-refractivity contribution in [3.63, 3.8) is 0 Å². The van der Waals surface area contributed by atoms with Crippen LogP contribution in [0.3, 0.4) is 0 Å². The number of hydrogen-bond donors (Lipinski definition) is 1. The van der Waals surface area contributed by atoms with Crippen LogP contribution < -0.4 is 4.74 Å². The van der Waals surface area contributed by atoms with Crippen molar-refractivity contribution in [1.82, 2.24) is 4.98 Å². The molecule has 0 saturated heterocycles. The predicted molar refractivity (Wildman–Crippen MR) is 61.6 cm³/mol. The minimum Gasteiger partial charge on any atom is -0.497 e. The number of thioether (sulfide) groups is 1. The molecule has 0 aliphatic heterocycles. The van der Waals surface area contributed by atoms with Gasteiger partial charge in [-0.25, -0.2) is 0 Å². The van der Waals surface area contributed by atoms with Crippen LogP contribution in [-0.2, 0) is 0 Å². The minimum absolute atomic E-state index is 0.695. The lowest BCUT2D eigenvalue weighted by Crippen LogP contribution is -1.81. The Morgan fingerprint density at radius 1 is 1.43 bits per heavy atom. The summed E-state index contributed by atoms with van der Waals surface area (Å²) >= 11 is 7.68. The number of fused-ring (bicyclic) bond motifs is 1. The highest BCUT2D eigenvalue weighted by Crippen LogP contribution is 2.35. The van der Waals surface area contributed by atoms with Crippen molar-refractivity contribution in [2.45, 2.75) is 4.90 Å². The van der Waals surface area contributed by atoms with Crippen LogP contribution >= 0.6 is 23.4 Å². The van der Waals surface area contributed by atoms with Crippen molar-refractivity contribution in [1.29, 1.82) is 0 Å². The molecule has 0 amide bonds. The van der Waals surface area contributed by atoms with Crippen LogP contribution in [0.5, 0.6) is 5.75 Å². The molecule has 1 aromatic heterocycles. The van der Waals surface area contributed by atoms with Crippen molar-refractivity contribution in [3.05, 3.63) is 23.4 Å². The third-order valence-corrected chi connectivity index (χ3v) is 3.35. The molecule has 0 atom stereocenters. The highest BCUT2D eigenvalue weighted by molar-refractivity contribution is 7.99. The lowest BCUT2D eigenvalue weighted by atomic mass is 10.2. The molecule has 4 heteroatoms. The molecule has 0 unspecified atom stereocenters. The second kappa shape index (κ2) is 3.75. The Hall–Kier alpha value is -0.800. The van der Waals surface area contributed by atoms with Crippen molar-refractivity contribution in [2.75, 3.05) is 13.4 Å². The van der Waals surface area contributed by atoms with Gasteiger partial charge in [0, 0.05) is 10.9 Å². The number of ether oxygens (including phenoxy) is 1. The van der Waals surface area contributed by atoms with Gasteiger partial charge in [0.05, 0.1) is 12.0 Å². The quantitative estimate of drug-likeness (QED) is 0.794. The van der Waals surface area contributed by atoms with E-state index in [1.54, 1.807) is 18.9 Å². The number of methoxy groups -OCH3 is 1. The molecule has 1 heterocycles. The summed E-state index contributed by atoms with van der Waals surface area (Å²) in [7, 11) is 1.66. The Morgan fingerprint density at radius 3 is 2.86 bits per heavy atom. The molecular formula is C10H10ClNOS. The number of aromatic amines is 1. The molecule has 0 saturated carbocycles. The van der Waals surface area contributed by atoms with E-state index in [0.29, 0.717) is 5.15 Å². The largest absolute Gasteiger partial charge is 0.497 e. The van der Waals surface area contributed by atoms with Crippen LogP contribution in [0.15, 0.2) is 23.1 Å². The number of H-pyrrole nitrogens is 1. The van der Waals surface area contributed by atoms with Gasteiger partial charge in [0.15, 0.2) is 0 Å². The van der Waals surface area contributed by atoms with Gasteiger partial charge in [0.1, 0.15) is 10.9 Å². The SMILES string of the molecule is COc1ccc2[nH]c(Cl)c(SC)c2c1. The summed E-state index contributed by atoms with van der Waals surface area (Å²) < 4.78 is 5.16. The molecule has 0 spiro atoms. The van der Waals surface area contributed by atoms with E-state index < -0.39 is 0 Å². The van der Waals surface area contributed by atoms with Gasteiger partial charge < -0.3 is 9.72 Å². The van der Waals surface area contributed by atoms with Crippen molar-refractivity contribution in [2.24, 2.45) is 0 Å². The molecular weight excluding hydrogens is 218 g/mol. The Bertz CT molecular complexity index is 466. The predicted octanol–water partition coefficient (Wildman–Crippen LogP) is 3.55. The van der Waals surface area contributed by atoms with E-state index in [9.17, 15) is 0 Å². The van der Waals surface area contributed by atoms with Crippen molar-refractivity contribution < 1.29 is 4.74 Å². The molecule has 1 aromatic carbocycles. The third kappa shape index (κ3) is 1.47. The third-order valence-electron chi connectivity index (χ3n) is 2.12. The van der Waals surface area contributed by atoms with Crippen LogP contribution in [0.2, 0.25) is 5.15 Å². The lowest BCUT2D eigenvalue weighted by Gasteiger charge is -1.99. The van der Waals surface area contributed by atoms with Gasteiger partial charge in [-0.15, -0.1) is 11.8 Å². The van der Waals surface area contributed by atoms with E-state index in [4.69, 9.17) is 16.3 Å². The second-order valence-corrected chi connectivity index (χ2v) is 4.08. The molecule has 0 aliphatic rings. The molecule has 14 heavy (non-hydrogen) atoms. The maximum absolute atomic E-state index is 6.05. The van der Waals surface area contributed by atoms with Gasteiger partial charge in [-0.2, -0.15) is 0 Å². The van der Waals surface area contributed by atoms with Crippen LogP contribution in [0.1, 0.15) is 0 Å². The average Bonchev–Trinajstić information content (AvgIpc) is 2.52. The molecule has 74 valence electrons. The molecule has 0 radical (unpaired) electrons. The van der Waals surface area contributed by atoms with Gasteiger partial charge in [0.2, 0.25) is 0 Å². The Kier molecular flexibility index (Phi) is 2.61. The first-order valence-electron chi connectivity index (χ1n) is 4.15. The number of benzene rings is 1. The summed E-state index contributed by atoms with van der Waals surface area (Å²) in [6.45, 7) is 0. The highest BCUT2D eigenvalue weighted by atomic mass is 35.5. The summed E-state index contributed by atoms with van der Waals surface area (Å²) in [4.78, 5) is 4.19. The number of halogens is 1. The monoisotopic (exact) mass is 227 g/mol. The summed E-state index contributed by atoms with van der Waals surface area (Å²) in [5, 5.41) is 1.81. The van der Waals surface area contributed by atoms with Crippen molar-refractivity contribution >= 4 is 34.3 Å². The number of rotatable bonds is 2. The van der Waals surface area contributed by atoms with Gasteiger partial charge in [0.25, 0.3) is 0 Å². The fourth-order valence-corrected chi connectivity index (χ4v) is 2.49. The van der Waals surface area contributed by atoms with E-state index in [1.165, 1.54) is 0 Å². The second-order valence-electron chi connectivity index (χ2n) is 2.88. The maximum atomic E-state index is 6.05. The first kappa shape index (κ1) is 9.74. The van der Waals surface area contributed by atoms with Gasteiger partial charge in [-0.3, -0.25) is 0 Å². The van der Waals surface area contributed by atoms with E-state index in [2.05, 4.69) is 4.98 Å². The maximum Gasteiger partial charge on any atom is 0.121 e. The fourth-order valence-electron chi connectivity index (χ4n) is 1.44. The molecule has 0 aliphatic carbocycles. The van der Waals surface area contributed by atoms with Gasteiger partial charge in [-0.05, 0) is 24.5 Å². The van der Waals surface area contributed by atoms with Gasteiger partial charge >= 0.3 is 0 Å². The number of aromatic nitrogens is 1. The zero-order chi connectivity index (χ0) is 10.1. The molecule has 1 N–H and O–H groups in total. The summed E-state index contributed by atoms with van der Waals surface area (Å²) in [5.41, 5.74) is 1.04. The molecule has 2 nitrogen and oxygen atoms in total. The van der Waals surface area contributed by atoms with E-state index >= 15 is 0 Å². The Morgan fingerprint density at radius 2 is 2.21 bits per heavy atom. The zero-order valence-electron chi connectivity index (χ0n) is 7.93. The Labute approximate surface area is 91.6 Å². The van der Waals surface area contributed by atoms with Crippen LogP contribution in [0.4, 0.5) is 0 Å². The Balaban J connectivity index is 2.71. The molecule has 2 aromatic rings. The van der Waals surface area contributed by atoms with E-state index in [1.807, 2.05) is 24.5 Å². The zero-order valence-corrected chi connectivity index (χ0v) is 9.50. The smallest absolute Gasteiger partial charge is 0.121 e. The van der Waals surface area contributed by atoms with E-state index in [-0.39, 0.29) is 0 Å². The molecule has 2 rings (SSSR count). The molecule has 0 bridgehead atoms. The first-order valence-corrected chi connectivity index (χ1v) is 5.75.